The molecule has 6 nitrogen and oxygen atoms in total. The smallest absolute Gasteiger partial charge is 0.416 e. The van der Waals surface area contributed by atoms with E-state index in [2.05, 4.69) is 15.4 Å². The molecule has 4 aromatic rings. The first-order valence-corrected chi connectivity index (χ1v) is 9.79. The SMILES string of the molecule is Cc1nn(CC(=O)Nc2cc(C(F)(F)F)ccc2Cl)c2nc(-c3ccco3)cc(C(F)F)c12. The van der Waals surface area contributed by atoms with Crippen LogP contribution < -0.4 is 5.32 Å². The van der Waals surface area contributed by atoms with Gasteiger partial charge in [-0.05, 0) is 43.3 Å². The molecule has 0 aliphatic rings. The topological polar surface area (TPSA) is 73.0 Å². The van der Waals surface area contributed by atoms with Gasteiger partial charge in [-0.15, -0.1) is 0 Å². The predicted octanol–water partition coefficient (Wildman–Crippen LogP) is 6.25. The molecule has 4 rings (SSSR count). The van der Waals surface area contributed by atoms with Crippen LogP contribution in [0.1, 0.15) is 23.2 Å². The minimum atomic E-state index is -4.63. The van der Waals surface area contributed by atoms with Crippen LogP contribution in [-0.2, 0) is 17.5 Å². The minimum Gasteiger partial charge on any atom is -0.463 e. The molecule has 1 N–H and O–H groups in total. The zero-order valence-corrected chi connectivity index (χ0v) is 17.5. The van der Waals surface area contributed by atoms with E-state index in [1.54, 1.807) is 12.1 Å². The Kier molecular flexibility index (Phi) is 5.83. The van der Waals surface area contributed by atoms with Crippen molar-refractivity contribution in [3.05, 3.63) is 64.5 Å². The lowest BCUT2D eigenvalue weighted by Crippen LogP contribution is -2.20. The third-order valence-electron chi connectivity index (χ3n) is 4.78. The molecule has 0 saturated carbocycles. The van der Waals surface area contributed by atoms with E-state index in [9.17, 15) is 26.7 Å². The molecule has 0 radical (unpaired) electrons. The van der Waals surface area contributed by atoms with Crippen molar-refractivity contribution in [3.8, 4) is 11.5 Å². The maximum atomic E-state index is 13.8. The zero-order valence-electron chi connectivity index (χ0n) is 16.8. The Bertz CT molecular complexity index is 1330. The molecule has 33 heavy (non-hydrogen) atoms. The lowest BCUT2D eigenvalue weighted by atomic mass is 10.1. The molecule has 0 aliphatic heterocycles. The quantitative estimate of drug-likeness (QED) is 0.340. The number of nitrogens with zero attached hydrogens (tertiary/aromatic N) is 3. The zero-order chi connectivity index (χ0) is 23.9. The molecular formula is C21H14ClF5N4O2. The van der Waals surface area contributed by atoms with E-state index in [1.807, 2.05) is 0 Å². The average Bonchev–Trinajstić information content (AvgIpc) is 3.37. The first kappa shape index (κ1) is 22.7. The summed E-state index contributed by atoms with van der Waals surface area (Å²) in [6.45, 7) is 0.981. The Morgan fingerprint density at radius 2 is 2.00 bits per heavy atom. The predicted molar refractivity (Wildman–Crippen MR) is 110 cm³/mol. The van der Waals surface area contributed by atoms with Crippen molar-refractivity contribution in [2.75, 3.05) is 5.32 Å². The van der Waals surface area contributed by atoms with Gasteiger partial charge in [-0.1, -0.05) is 11.6 Å². The molecule has 0 spiro atoms. The van der Waals surface area contributed by atoms with Crippen LogP contribution >= 0.6 is 11.6 Å². The van der Waals surface area contributed by atoms with Crippen molar-refractivity contribution >= 4 is 34.2 Å². The lowest BCUT2D eigenvalue weighted by molar-refractivity contribution is -0.137. The van der Waals surface area contributed by atoms with Crippen molar-refractivity contribution < 1.29 is 31.2 Å². The fourth-order valence-electron chi connectivity index (χ4n) is 3.34. The number of aromatic nitrogens is 3. The van der Waals surface area contributed by atoms with Crippen LogP contribution in [0, 0.1) is 6.92 Å². The molecular weight excluding hydrogens is 471 g/mol. The van der Waals surface area contributed by atoms with Crippen LogP contribution in [0.5, 0.6) is 0 Å². The molecule has 0 unspecified atom stereocenters. The summed E-state index contributed by atoms with van der Waals surface area (Å²) in [5.41, 5.74) is -1.25. The molecule has 172 valence electrons. The number of anilines is 1. The second kappa shape index (κ2) is 8.47. The maximum Gasteiger partial charge on any atom is 0.416 e. The van der Waals surface area contributed by atoms with Gasteiger partial charge in [-0.2, -0.15) is 18.3 Å². The molecule has 1 amide bonds. The highest BCUT2D eigenvalue weighted by Crippen LogP contribution is 2.35. The van der Waals surface area contributed by atoms with Crippen molar-refractivity contribution in [2.45, 2.75) is 26.1 Å². The number of furan rings is 1. The Morgan fingerprint density at radius 3 is 2.64 bits per heavy atom. The molecule has 1 aromatic carbocycles. The van der Waals surface area contributed by atoms with Crippen LogP contribution in [0.25, 0.3) is 22.5 Å². The lowest BCUT2D eigenvalue weighted by Gasteiger charge is -2.12. The number of amides is 1. The molecule has 0 bridgehead atoms. The van der Waals surface area contributed by atoms with E-state index in [0.29, 0.717) is 6.07 Å². The molecule has 0 aliphatic carbocycles. The number of rotatable bonds is 5. The van der Waals surface area contributed by atoms with Crippen LogP contribution in [0.3, 0.4) is 0 Å². The summed E-state index contributed by atoms with van der Waals surface area (Å²) in [5, 5.41) is 6.40. The van der Waals surface area contributed by atoms with Gasteiger partial charge in [0.15, 0.2) is 11.4 Å². The Labute approximate surface area is 188 Å². The van der Waals surface area contributed by atoms with Crippen LogP contribution in [0.4, 0.5) is 27.6 Å². The summed E-state index contributed by atoms with van der Waals surface area (Å²) < 4.78 is 72.8. The number of nitrogens with one attached hydrogen (secondary N) is 1. The van der Waals surface area contributed by atoms with Gasteiger partial charge in [0, 0.05) is 5.56 Å². The monoisotopic (exact) mass is 484 g/mol. The van der Waals surface area contributed by atoms with Gasteiger partial charge in [-0.3, -0.25) is 4.79 Å². The van der Waals surface area contributed by atoms with Crippen LogP contribution in [0.2, 0.25) is 5.02 Å². The molecule has 3 aromatic heterocycles. The van der Waals surface area contributed by atoms with E-state index < -0.39 is 30.6 Å². The number of pyridine rings is 1. The largest absolute Gasteiger partial charge is 0.463 e. The first-order chi connectivity index (χ1) is 15.5. The highest BCUT2D eigenvalue weighted by atomic mass is 35.5. The van der Waals surface area contributed by atoms with Crippen molar-refractivity contribution in [2.24, 2.45) is 0 Å². The van der Waals surface area contributed by atoms with Crippen LogP contribution in [-0.4, -0.2) is 20.7 Å². The number of fused-ring (bicyclic) bond motifs is 1. The van der Waals surface area contributed by atoms with Gasteiger partial charge < -0.3 is 9.73 Å². The van der Waals surface area contributed by atoms with Gasteiger partial charge >= 0.3 is 6.18 Å². The number of hydrogen-bond donors (Lipinski definition) is 1. The summed E-state index contributed by atoms with van der Waals surface area (Å²) in [5.74, 6) is -0.533. The van der Waals surface area contributed by atoms with Gasteiger partial charge in [0.2, 0.25) is 5.91 Å². The molecule has 0 fully saturated rings. The third kappa shape index (κ3) is 4.54. The standard InChI is InChI=1S/C21H14ClF5N4O2/c1-10-18-12(19(23)24)8-15(16-3-2-6-33-16)29-20(18)31(30-10)9-17(32)28-14-7-11(21(25,26)27)4-5-13(14)22/h2-8,19H,9H2,1H3,(H,28,32). The summed E-state index contributed by atoms with van der Waals surface area (Å²) in [6, 6.07) is 6.80. The van der Waals surface area contributed by atoms with E-state index in [-0.39, 0.29) is 44.5 Å². The number of carbonyl (C=O) groups is 1. The highest BCUT2D eigenvalue weighted by Gasteiger charge is 2.31. The second-order valence-electron chi connectivity index (χ2n) is 7.06. The molecule has 0 atom stereocenters. The second-order valence-corrected chi connectivity index (χ2v) is 7.46. The summed E-state index contributed by atoms with van der Waals surface area (Å²) in [7, 11) is 0. The van der Waals surface area contributed by atoms with E-state index in [4.69, 9.17) is 16.0 Å². The van der Waals surface area contributed by atoms with Crippen LogP contribution in [0.15, 0.2) is 47.1 Å². The van der Waals surface area contributed by atoms with E-state index in [0.717, 1.165) is 16.8 Å². The number of hydrogen-bond acceptors (Lipinski definition) is 4. The normalized spacial score (nSPS) is 12.0. The summed E-state index contributed by atoms with van der Waals surface area (Å²) >= 11 is 5.92. The van der Waals surface area contributed by atoms with Crippen molar-refractivity contribution in [1.82, 2.24) is 14.8 Å². The highest BCUT2D eigenvalue weighted by molar-refractivity contribution is 6.33. The molecule has 12 heteroatoms. The first-order valence-electron chi connectivity index (χ1n) is 9.41. The minimum absolute atomic E-state index is 0.00184. The Balaban J connectivity index is 1.70. The Morgan fingerprint density at radius 1 is 1.24 bits per heavy atom. The van der Waals surface area contributed by atoms with Gasteiger partial charge in [0.05, 0.1) is 33.6 Å². The number of benzene rings is 1. The fraction of sp³-hybridized carbons (Fsp3) is 0.190. The number of aryl methyl sites for hydroxylation is 1. The Hall–Kier alpha value is -3.47. The number of carbonyl (C=O) groups excluding carboxylic acids is 1. The van der Waals surface area contributed by atoms with Gasteiger partial charge in [0.1, 0.15) is 12.2 Å². The van der Waals surface area contributed by atoms with Gasteiger partial charge in [0.25, 0.3) is 6.43 Å². The van der Waals surface area contributed by atoms with Gasteiger partial charge in [-0.25, -0.2) is 18.4 Å². The summed E-state index contributed by atoms with van der Waals surface area (Å²) in [6.07, 6.45) is -6.12. The van der Waals surface area contributed by atoms with E-state index in [1.165, 1.54) is 19.3 Å². The van der Waals surface area contributed by atoms with Crippen molar-refractivity contribution in [1.29, 1.82) is 0 Å². The number of halogens is 6. The average molecular weight is 485 g/mol. The van der Waals surface area contributed by atoms with E-state index >= 15 is 0 Å². The third-order valence-corrected chi connectivity index (χ3v) is 5.11. The molecule has 0 saturated heterocycles. The summed E-state index contributed by atoms with van der Waals surface area (Å²) in [4.78, 5) is 16.9. The van der Waals surface area contributed by atoms with Crippen molar-refractivity contribution in [3.63, 3.8) is 0 Å². The maximum absolute atomic E-state index is 13.8. The fourth-order valence-corrected chi connectivity index (χ4v) is 3.51. The number of alkyl halides is 5. The molecule has 3 heterocycles.